The molecule has 0 aliphatic heterocycles. The summed E-state index contributed by atoms with van der Waals surface area (Å²) in [5.74, 6) is -0.455. The fraction of sp³-hybridized carbons (Fsp3) is 0.0588. The largest absolute Gasteiger partial charge is 0.348 e. The third kappa shape index (κ3) is 2.89. The summed E-state index contributed by atoms with van der Waals surface area (Å²) in [6.45, 7) is 0.357. The van der Waals surface area contributed by atoms with Crippen LogP contribution in [0, 0.1) is 5.82 Å². The maximum absolute atomic E-state index is 12.8. The smallest absolute Gasteiger partial charge is 0.252 e. The molecule has 0 atom stereocenters. The van der Waals surface area contributed by atoms with Gasteiger partial charge in [-0.15, -0.1) is 0 Å². The molecule has 0 fully saturated rings. The number of rotatable bonds is 3. The van der Waals surface area contributed by atoms with Crippen molar-refractivity contribution in [3.8, 4) is 0 Å². The summed E-state index contributed by atoms with van der Waals surface area (Å²) in [5.41, 5.74) is 2.22. The summed E-state index contributed by atoms with van der Waals surface area (Å²) in [5, 5.41) is 3.65. The first-order chi connectivity index (χ1) is 10.2. The van der Waals surface area contributed by atoms with Gasteiger partial charge in [-0.2, -0.15) is 0 Å². The molecule has 0 spiro atoms. The molecular formula is C17H13FN2O. The molecule has 0 bridgehead atoms. The monoisotopic (exact) mass is 280 g/mol. The van der Waals surface area contributed by atoms with Crippen molar-refractivity contribution in [3.63, 3.8) is 0 Å². The van der Waals surface area contributed by atoms with Crippen LogP contribution in [0.4, 0.5) is 4.39 Å². The van der Waals surface area contributed by atoms with Gasteiger partial charge in [0.25, 0.3) is 5.91 Å². The number of nitrogens with zero attached hydrogens (tertiary/aromatic N) is 1. The predicted octanol–water partition coefficient (Wildman–Crippen LogP) is 3.30. The number of fused-ring (bicyclic) bond motifs is 1. The lowest BCUT2D eigenvalue weighted by atomic mass is 10.1. The molecule has 1 heterocycles. The highest BCUT2D eigenvalue weighted by Crippen LogP contribution is 2.16. The Morgan fingerprint density at radius 2 is 1.81 bits per heavy atom. The first kappa shape index (κ1) is 13.2. The van der Waals surface area contributed by atoms with Crippen molar-refractivity contribution in [2.45, 2.75) is 6.54 Å². The van der Waals surface area contributed by atoms with E-state index in [-0.39, 0.29) is 11.7 Å². The Hall–Kier alpha value is -2.75. The lowest BCUT2D eigenvalue weighted by Gasteiger charge is -2.07. The fourth-order valence-electron chi connectivity index (χ4n) is 2.17. The van der Waals surface area contributed by atoms with Gasteiger partial charge in [0.2, 0.25) is 0 Å². The Kier molecular flexibility index (Phi) is 3.60. The van der Waals surface area contributed by atoms with E-state index in [0.29, 0.717) is 12.1 Å². The molecule has 0 aliphatic carbocycles. The highest BCUT2D eigenvalue weighted by atomic mass is 19.1. The molecule has 0 saturated carbocycles. The van der Waals surface area contributed by atoms with Crippen molar-refractivity contribution >= 4 is 16.8 Å². The molecule has 1 aromatic heterocycles. The summed E-state index contributed by atoms with van der Waals surface area (Å²) >= 11 is 0. The predicted molar refractivity (Wildman–Crippen MR) is 79.3 cm³/mol. The number of hydrogen-bond acceptors (Lipinski definition) is 2. The van der Waals surface area contributed by atoms with Crippen LogP contribution in [-0.4, -0.2) is 10.9 Å². The van der Waals surface area contributed by atoms with E-state index < -0.39 is 0 Å². The van der Waals surface area contributed by atoms with Gasteiger partial charge >= 0.3 is 0 Å². The van der Waals surface area contributed by atoms with Gasteiger partial charge < -0.3 is 5.32 Å². The summed E-state index contributed by atoms with van der Waals surface area (Å²) in [4.78, 5) is 16.5. The minimum absolute atomic E-state index is 0.169. The van der Waals surface area contributed by atoms with Gasteiger partial charge in [0.15, 0.2) is 0 Å². The van der Waals surface area contributed by atoms with Crippen molar-refractivity contribution in [1.29, 1.82) is 0 Å². The first-order valence-corrected chi connectivity index (χ1v) is 6.60. The minimum atomic E-state index is -0.287. The van der Waals surface area contributed by atoms with E-state index in [2.05, 4.69) is 10.3 Å². The summed E-state index contributed by atoms with van der Waals surface area (Å²) < 4.78 is 12.8. The van der Waals surface area contributed by atoms with Gasteiger partial charge in [0.05, 0.1) is 11.1 Å². The summed E-state index contributed by atoms with van der Waals surface area (Å²) in [7, 11) is 0. The van der Waals surface area contributed by atoms with Crippen LogP contribution in [0.1, 0.15) is 15.9 Å². The van der Waals surface area contributed by atoms with Crippen molar-refractivity contribution in [1.82, 2.24) is 10.3 Å². The average Bonchev–Trinajstić information content (AvgIpc) is 2.53. The molecule has 0 radical (unpaired) electrons. The molecule has 2 aromatic carbocycles. The van der Waals surface area contributed by atoms with Crippen molar-refractivity contribution in [3.05, 3.63) is 77.7 Å². The number of carbonyl (C=O) groups is 1. The number of benzene rings is 2. The summed E-state index contributed by atoms with van der Waals surface area (Å²) in [6.07, 6.45) is 1.62. The van der Waals surface area contributed by atoms with Crippen LogP contribution in [-0.2, 0) is 6.54 Å². The third-order valence-electron chi connectivity index (χ3n) is 3.26. The maximum Gasteiger partial charge on any atom is 0.252 e. The van der Waals surface area contributed by atoms with E-state index in [0.717, 1.165) is 16.5 Å². The molecule has 0 aliphatic rings. The van der Waals surface area contributed by atoms with Gasteiger partial charge in [0.1, 0.15) is 5.82 Å². The Bertz CT molecular complexity index is 779. The number of carbonyl (C=O) groups excluding carboxylic acids is 1. The van der Waals surface area contributed by atoms with Crippen molar-refractivity contribution in [2.24, 2.45) is 0 Å². The second-order valence-electron chi connectivity index (χ2n) is 4.68. The number of hydrogen-bond donors (Lipinski definition) is 1. The van der Waals surface area contributed by atoms with Gasteiger partial charge in [-0.1, -0.05) is 30.3 Å². The van der Waals surface area contributed by atoms with Crippen molar-refractivity contribution < 1.29 is 9.18 Å². The Morgan fingerprint density at radius 3 is 2.62 bits per heavy atom. The van der Waals surface area contributed by atoms with E-state index in [4.69, 9.17) is 0 Å². The van der Waals surface area contributed by atoms with E-state index in [1.165, 1.54) is 12.1 Å². The summed E-state index contributed by atoms with van der Waals surface area (Å²) in [6, 6.07) is 15.3. The molecule has 1 amide bonds. The zero-order chi connectivity index (χ0) is 14.7. The molecule has 3 nitrogen and oxygen atoms in total. The highest BCUT2D eigenvalue weighted by molar-refractivity contribution is 6.05. The lowest BCUT2D eigenvalue weighted by Crippen LogP contribution is -2.23. The Labute approximate surface area is 121 Å². The number of aromatic nitrogens is 1. The quantitative estimate of drug-likeness (QED) is 0.799. The van der Waals surface area contributed by atoms with E-state index in [1.54, 1.807) is 24.4 Å². The van der Waals surface area contributed by atoms with Crippen LogP contribution in [0.3, 0.4) is 0 Å². The zero-order valence-electron chi connectivity index (χ0n) is 11.2. The molecule has 3 aromatic rings. The standard InChI is InChI=1S/C17H13FN2O/c18-13-7-5-12(6-8-13)11-20-17(21)15-9-10-19-16-4-2-1-3-14(15)16/h1-10H,11H2,(H,20,21). The third-order valence-corrected chi connectivity index (χ3v) is 3.26. The number of para-hydroxylation sites is 1. The van der Waals surface area contributed by atoms with Gasteiger partial charge in [-0.05, 0) is 29.8 Å². The van der Waals surface area contributed by atoms with Crippen LogP contribution >= 0.6 is 0 Å². The molecule has 1 N–H and O–H groups in total. The van der Waals surface area contributed by atoms with Crippen LogP contribution in [0.25, 0.3) is 10.9 Å². The maximum atomic E-state index is 12.8. The van der Waals surface area contributed by atoms with E-state index in [9.17, 15) is 9.18 Å². The number of nitrogens with one attached hydrogen (secondary N) is 1. The minimum Gasteiger partial charge on any atom is -0.348 e. The molecule has 104 valence electrons. The molecular weight excluding hydrogens is 267 g/mol. The van der Waals surface area contributed by atoms with Crippen LogP contribution in [0.15, 0.2) is 60.8 Å². The molecule has 0 unspecified atom stereocenters. The zero-order valence-corrected chi connectivity index (χ0v) is 11.2. The molecule has 0 saturated heterocycles. The number of pyridine rings is 1. The van der Waals surface area contributed by atoms with Crippen molar-refractivity contribution in [2.75, 3.05) is 0 Å². The average molecular weight is 280 g/mol. The number of amides is 1. The molecule has 21 heavy (non-hydrogen) atoms. The SMILES string of the molecule is O=C(NCc1ccc(F)cc1)c1ccnc2ccccc12. The first-order valence-electron chi connectivity index (χ1n) is 6.60. The van der Waals surface area contributed by atoms with E-state index >= 15 is 0 Å². The Balaban J connectivity index is 1.79. The fourth-order valence-corrected chi connectivity index (χ4v) is 2.17. The lowest BCUT2D eigenvalue weighted by molar-refractivity contribution is 0.0952. The highest BCUT2D eigenvalue weighted by Gasteiger charge is 2.09. The van der Waals surface area contributed by atoms with Crippen LogP contribution < -0.4 is 5.32 Å². The second-order valence-corrected chi connectivity index (χ2v) is 4.68. The molecule has 4 heteroatoms. The topological polar surface area (TPSA) is 42.0 Å². The van der Waals surface area contributed by atoms with Crippen LogP contribution in [0.5, 0.6) is 0 Å². The van der Waals surface area contributed by atoms with Gasteiger partial charge in [-0.25, -0.2) is 4.39 Å². The number of halogens is 1. The normalized spacial score (nSPS) is 10.5. The van der Waals surface area contributed by atoms with Gasteiger partial charge in [0, 0.05) is 18.1 Å². The second kappa shape index (κ2) is 5.71. The van der Waals surface area contributed by atoms with Gasteiger partial charge in [-0.3, -0.25) is 9.78 Å². The van der Waals surface area contributed by atoms with E-state index in [1.807, 2.05) is 24.3 Å². The van der Waals surface area contributed by atoms with Crippen LogP contribution in [0.2, 0.25) is 0 Å². The Morgan fingerprint density at radius 1 is 1.05 bits per heavy atom. The molecule has 3 rings (SSSR count).